The lowest BCUT2D eigenvalue weighted by atomic mass is 9.96. The largest absolute Gasteiger partial charge is 0.466 e. The molecule has 0 spiro atoms. The fourth-order valence-electron chi connectivity index (χ4n) is 4.49. The van der Waals surface area contributed by atoms with Crippen LogP contribution in [0.2, 0.25) is 5.02 Å². The number of thioether (sulfide) groups is 1. The number of hydrogen-bond donors (Lipinski definition) is 0. The van der Waals surface area contributed by atoms with Gasteiger partial charge in [0, 0.05) is 30.0 Å². The number of benzene rings is 2. The second-order valence-corrected chi connectivity index (χ2v) is 10.6. The fraction of sp³-hybridized carbons (Fsp3) is 0.429. The molecule has 36 heavy (non-hydrogen) atoms. The van der Waals surface area contributed by atoms with Crippen LogP contribution >= 0.6 is 23.4 Å². The van der Waals surface area contributed by atoms with Crippen molar-refractivity contribution in [3.63, 3.8) is 0 Å². The van der Waals surface area contributed by atoms with E-state index in [2.05, 4.69) is 18.7 Å². The van der Waals surface area contributed by atoms with Gasteiger partial charge in [0.25, 0.3) is 5.91 Å². The second-order valence-electron chi connectivity index (χ2n) is 9.00. The Labute approximate surface area is 221 Å². The van der Waals surface area contributed by atoms with E-state index in [1.807, 2.05) is 30.3 Å². The molecular formula is C28H32ClNO5S. The monoisotopic (exact) mass is 529 g/mol. The summed E-state index contributed by atoms with van der Waals surface area (Å²) in [5.74, 6) is -0.723. The average molecular weight is 530 g/mol. The third-order valence-electron chi connectivity index (χ3n) is 6.33. The van der Waals surface area contributed by atoms with Crippen molar-refractivity contribution in [1.82, 2.24) is 4.90 Å². The van der Waals surface area contributed by atoms with Crippen molar-refractivity contribution in [2.24, 2.45) is 5.92 Å². The van der Waals surface area contributed by atoms with Gasteiger partial charge in [-0.15, -0.1) is 0 Å². The first-order chi connectivity index (χ1) is 17.4. The smallest absolute Gasteiger partial charge is 0.310 e. The van der Waals surface area contributed by atoms with E-state index in [1.54, 1.807) is 17.9 Å². The predicted octanol–water partition coefficient (Wildman–Crippen LogP) is 5.23. The molecule has 0 aliphatic carbocycles. The molecule has 0 N–H and O–H groups in total. The van der Waals surface area contributed by atoms with Crippen molar-refractivity contribution in [3.8, 4) is 0 Å². The van der Waals surface area contributed by atoms with Crippen LogP contribution in [0.1, 0.15) is 30.9 Å². The number of carbonyl (C=O) groups is 2. The number of piperidine rings is 1. The first kappa shape index (κ1) is 26.7. The number of likely N-dealkylation sites (tertiary alicyclic amines) is 1. The molecule has 6 nitrogen and oxygen atoms in total. The number of halogens is 1. The molecule has 3 unspecified atom stereocenters. The van der Waals surface area contributed by atoms with Gasteiger partial charge in [-0.25, -0.2) is 0 Å². The molecule has 2 aliphatic rings. The number of nitrogens with zero attached hydrogens (tertiary/aromatic N) is 1. The van der Waals surface area contributed by atoms with Crippen LogP contribution in [0.3, 0.4) is 0 Å². The molecular weight excluding hydrogens is 498 g/mol. The van der Waals surface area contributed by atoms with Gasteiger partial charge in [-0.05, 0) is 43.0 Å². The molecule has 2 aliphatic heterocycles. The maximum atomic E-state index is 13.1. The Hall–Kier alpha value is -2.32. The summed E-state index contributed by atoms with van der Waals surface area (Å²) in [5, 5.41) is 0.531. The molecule has 0 radical (unpaired) electrons. The fourth-order valence-corrected chi connectivity index (χ4v) is 5.78. The Morgan fingerprint density at radius 3 is 2.75 bits per heavy atom. The Bertz CT molecular complexity index is 1080. The molecule has 1 amide bonds. The van der Waals surface area contributed by atoms with Crippen LogP contribution in [0.5, 0.6) is 0 Å². The SMILES string of the molecule is C=C(C(=O)N1CCCC(C(=O)OCC)C1)c1ccc(SC2COCC(Cc3ccccc3)O2)c(Cl)c1. The number of rotatable bonds is 8. The topological polar surface area (TPSA) is 65.1 Å². The highest BCUT2D eigenvalue weighted by molar-refractivity contribution is 8.00. The van der Waals surface area contributed by atoms with E-state index in [-0.39, 0.29) is 29.3 Å². The summed E-state index contributed by atoms with van der Waals surface area (Å²) < 4.78 is 17.2. The Kier molecular flexibility index (Phi) is 9.48. The first-order valence-electron chi connectivity index (χ1n) is 12.3. The minimum Gasteiger partial charge on any atom is -0.466 e. The summed E-state index contributed by atoms with van der Waals surface area (Å²) in [6, 6.07) is 15.7. The summed E-state index contributed by atoms with van der Waals surface area (Å²) >= 11 is 8.12. The van der Waals surface area contributed by atoms with Gasteiger partial charge in [-0.1, -0.05) is 66.3 Å². The normalized spacial score (nSPS) is 22.2. The molecule has 2 fully saturated rings. The maximum absolute atomic E-state index is 13.1. The van der Waals surface area contributed by atoms with Crippen LogP contribution in [0.25, 0.3) is 5.57 Å². The number of amides is 1. The Morgan fingerprint density at radius 2 is 2.00 bits per heavy atom. The van der Waals surface area contributed by atoms with Gasteiger partial charge in [0.1, 0.15) is 5.44 Å². The number of carbonyl (C=O) groups excluding carboxylic acids is 2. The Morgan fingerprint density at radius 1 is 1.19 bits per heavy atom. The predicted molar refractivity (Wildman–Crippen MR) is 142 cm³/mol. The average Bonchev–Trinajstić information content (AvgIpc) is 2.90. The highest BCUT2D eigenvalue weighted by Gasteiger charge is 2.31. The molecule has 3 atom stereocenters. The van der Waals surface area contributed by atoms with Crippen LogP contribution in [0, 0.1) is 5.92 Å². The van der Waals surface area contributed by atoms with E-state index >= 15 is 0 Å². The van der Waals surface area contributed by atoms with Crippen molar-refractivity contribution in [3.05, 3.63) is 71.3 Å². The van der Waals surface area contributed by atoms with Gasteiger partial charge >= 0.3 is 5.97 Å². The molecule has 0 saturated carbocycles. The van der Waals surface area contributed by atoms with Crippen molar-refractivity contribution in [2.75, 3.05) is 32.9 Å². The van der Waals surface area contributed by atoms with Crippen LogP contribution < -0.4 is 0 Å². The molecule has 0 bridgehead atoms. The number of hydrogen-bond acceptors (Lipinski definition) is 6. The van der Waals surface area contributed by atoms with Crippen LogP contribution in [0.4, 0.5) is 0 Å². The zero-order chi connectivity index (χ0) is 25.5. The summed E-state index contributed by atoms with van der Waals surface area (Å²) in [7, 11) is 0. The van der Waals surface area contributed by atoms with E-state index in [4.69, 9.17) is 25.8 Å². The summed E-state index contributed by atoms with van der Waals surface area (Å²) in [6.45, 7) is 8.14. The van der Waals surface area contributed by atoms with Gasteiger partial charge in [0.15, 0.2) is 0 Å². The lowest BCUT2D eigenvalue weighted by Gasteiger charge is -2.32. The van der Waals surface area contributed by atoms with Gasteiger partial charge < -0.3 is 19.1 Å². The van der Waals surface area contributed by atoms with Gasteiger partial charge in [0.05, 0.1) is 36.9 Å². The van der Waals surface area contributed by atoms with Gasteiger partial charge in [0.2, 0.25) is 0 Å². The maximum Gasteiger partial charge on any atom is 0.310 e. The highest BCUT2D eigenvalue weighted by Crippen LogP contribution is 2.35. The highest BCUT2D eigenvalue weighted by atomic mass is 35.5. The van der Waals surface area contributed by atoms with E-state index in [1.165, 1.54) is 17.3 Å². The Balaban J connectivity index is 1.35. The van der Waals surface area contributed by atoms with Gasteiger partial charge in [-0.3, -0.25) is 9.59 Å². The van der Waals surface area contributed by atoms with E-state index in [0.29, 0.717) is 49.1 Å². The minimum absolute atomic E-state index is 0.0166. The lowest BCUT2D eigenvalue weighted by Crippen LogP contribution is -2.43. The molecule has 4 rings (SSSR count). The summed E-state index contributed by atoms with van der Waals surface area (Å²) in [5.41, 5.74) is 2.06. The molecule has 2 saturated heterocycles. The zero-order valence-electron chi connectivity index (χ0n) is 20.5. The molecule has 2 aromatic rings. The van der Waals surface area contributed by atoms with Crippen molar-refractivity contribution in [2.45, 2.75) is 42.6 Å². The molecule has 0 aromatic heterocycles. The third-order valence-corrected chi connectivity index (χ3v) is 7.88. The molecule has 2 heterocycles. The van der Waals surface area contributed by atoms with Crippen LogP contribution in [-0.2, 0) is 30.2 Å². The van der Waals surface area contributed by atoms with Crippen LogP contribution in [0.15, 0.2) is 60.0 Å². The number of ether oxygens (including phenoxy) is 3. The summed E-state index contributed by atoms with van der Waals surface area (Å²) in [4.78, 5) is 27.8. The first-order valence-corrected chi connectivity index (χ1v) is 13.6. The van der Waals surface area contributed by atoms with Crippen molar-refractivity contribution < 1.29 is 23.8 Å². The van der Waals surface area contributed by atoms with E-state index in [0.717, 1.165) is 24.2 Å². The van der Waals surface area contributed by atoms with Gasteiger partial charge in [-0.2, -0.15) is 0 Å². The second kappa shape index (κ2) is 12.8. The minimum atomic E-state index is -0.291. The van der Waals surface area contributed by atoms with E-state index in [9.17, 15) is 9.59 Å². The molecule has 2 aromatic carbocycles. The quantitative estimate of drug-likeness (QED) is 0.344. The third kappa shape index (κ3) is 6.91. The van der Waals surface area contributed by atoms with E-state index < -0.39 is 0 Å². The summed E-state index contributed by atoms with van der Waals surface area (Å²) in [6.07, 6.45) is 2.26. The van der Waals surface area contributed by atoms with Crippen molar-refractivity contribution >= 4 is 40.8 Å². The van der Waals surface area contributed by atoms with Crippen molar-refractivity contribution in [1.29, 1.82) is 0 Å². The standard InChI is InChI=1S/C28H32ClNO5S/c1-3-34-28(32)22-10-7-13-30(16-22)27(31)19(2)21-11-12-25(24(29)15-21)36-26-18-33-17-23(35-26)14-20-8-5-4-6-9-20/h4-6,8-9,11-12,15,22-23,26H,2-3,7,10,13-14,16-18H2,1H3. The van der Waals surface area contributed by atoms with Crippen LogP contribution in [-0.4, -0.2) is 61.2 Å². The zero-order valence-corrected chi connectivity index (χ0v) is 22.1. The molecule has 192 valence electrons. The lowest BCUT2D eigenvalue weighted by molar-refractivity contribution is -0.150. The molecule has 8 heteroatoms. The number of esters is 1.